The van der Waals surface area contributed by atoms with Crippen LogP contribution in [0.15, 0.2) is 42.5 Å². The Bertz CT molecular complexity index is 388. The van der Waals surface area contributed by atoms with Crippen LogP contribution in [0.1, 0.15) is 31.2 Å². The first kappa shape index (κ1) is 15.2. The van der Waals surface area contributed by atoms with E-state index in [4.69, 9.17) is 14.6 Å². The van der Waals surface area contributed by atoms with Crippen molar-refractivity contribution >= 4 is 0 Å². The summed E-state index contributed by atoms with van der Waals surface area (Å²) in [7, 11) is 0. The molecule has 1 aromatic rings. The van der Waals surface area contributed by atoms with Crippen molar-refractivity contribution in [1.29, 1.82) is 0 Å². The first-order chi connectivity index (χ1) is 9.90. The number of aliphatic hydroxyl groups excluding tert-OH is 1. The molecule has 1 aromatic carbocycles. The zero-order valence-corrected chi connectivity index (χ0v) is 11.9. The molecule has 1 fully saturated rings. The topological polar surface area (TPSA) is 42.0 Å². The quantitative estimate of drug-likeness (QED) is 0.406. The highest BCUT2D eigenvalue weighted by Gasteiger charge is 2.37. The predicted molar refractivity (Wildman–Crippen MR) is 79.5 cm³/mol. The second-order valence-corrected chi connectivity index (χ2v) is 5.13. The zero-order chi connectivity index (χ0) is 14.0. The van der Waals surface area contributed by atoms with Crippen LogP contribution in [0.2, 0.25) is 0 Å². The fourth-order valence-corrected chi connectivity index (χ4v) is 2.15. The Morgan fingerprint density at radius 3 is 2.70 bits per heavy atom. The standard InChI is InChI=1S/C17H24O3/c18-12-8-3-1-2-7-11-16-17(20-16)14-19-13-15-9-5-4-6-10-15/h1-2,4-6,9-10,16-18H,3,7-8,11-14H2/b2-1+/t16-,17-/m0/s1. The van der Waals surface area contributed by atoms with E-state index >= 15 is 0 Å². The largest absolute Gasteiger partial charge is 0.396 e. The Morgan fingerprint density at radius 1 is 1.10 bits per heavy atom. The van der Waals surface area contributed by atoms with Crippen molar-refractivity contribution < 1.29 is 14.6 Å². The van der Waals surface area contributed by atoms with Gasteiger partial charge in [-0.25, -0.2) is 0 Å². The number of aliphatic hydroxyl groups is 1. The van der Waals surface area contributed by atoms with Gasteiger partial charge in [0.1, 0.15) is 6.10 Å². The molecule has 1 aliphatic heterocycles. The molecule has 1 aliphatic rings. The Hall–Kier alpha value is -1.16. The van der Waals surface area contributed by atoms with Crippen LogP contribution in [-0.4, -0.2) is 30.5 Å². The number of unbranched alkanes of at least 4 members (excludes halogenated alkanes) is 1. The van der Waals surface area contributed by atoms with E-state index in [1.165, 1.54) is 5.56 Å². The van der Waals surface area contributed by atoms with Crippen molar-refractivity contribution in [2.75, 3.05) is 13.2 Å². The fourth-order valence-electron chi connectivity index (χ4n) is 2.15. The molecule has 0 bridgehead atoms. The van der Waals surface area contributed by atoms with Gasteiger partial charge in [-0.15, -0.1) is 0 Å². The first-order valence-corrected chi connectivity index (χ1v) is 7.43. The molecule has 0 amide bonds. The van der Waals surface area contributed by atoms with Crippen LogP contribution in [0.25, 0.3) is 0 Å². The molecule has 2 rings (SSSR count). The summed E-state index contributed by atoms with van der Waals surface area (Å²) >= 11 is 0. The number of ether oxygens (including phenoxy) is 2. The number of allylic oxidation sites excluding steroid dienone is 2. The van der Waals surface area contributed by atoms with Crippen LogP contribution in [0, 0.1) is 0 Å². The lowest BCUT2D eigenvalue weighted by Gasteiger charge is -2.01. The third kappa shape index (κ3) is 5.87. The molecule has 0 saturated carbocycles. The molecule has 1 saturated heterocycles. The lowest BCUT2D eigenvalue weighted by atomic mass is 10.2. The third-order valence-electron chi connectivity index (χ3n) is 3.39. The van der Waals surface area contributed by atoms with E-state index in [1.54, 1.807) is 0 Å². The molecule has 3 nitrogen and oxygen atoms in total. The molecule has 0 spiro atoms. The van der Waals surface area contributed by atoms with Crippen molar-refractivity contribution in [3.8, 4) is 0 Å². The van der Waals surface area contributed by atoms with Crippen molar-refractivity contribution in [3.05, 3.63) is 48.0 Å². The number of hydrogen-bond acceptors (Lipinski definition) is 3. The van der Waals surface area contributed by atoms with Crippen LogP contribution < -0.4 is 0 Å². The van der Waals surface area contributed by atoms with Gasteiger partial charge in [-0.05, 0) is 31.2 Å². The smallest absolute Gasteiger partial charge is 0.107 e. The number of hydrogen-bond donors (Lipinski definition) is 1. The SMILES string of the molecule is OCCC/C=C/CC[C@@H]1O[C@H]1COCc1ccccc1. The highest BCUT2D eigenvalue weighted by Crippen LogP contribution is 2.27. The molecule has 20 heavy (non-hydrogen) atoms. The van der Waals surface area contributed by atoms with Gasteiger partial charge in [0.2, 0.25) is 0 Å². The van der Waals surface area contributed by atoms with E-state index in [-0.39, 0.29) is 12.7 Å². The normalized spacial score (nSPS) is 21.4. The Balaban J connectivity index is 1.48. The molecule has 2 atom stereocenters. The summed E-state index contributed by atoms with van der Waals surface area (Å²) in [6.07, 6.45) is 8.90. The van der Waals surface area contributed by atoms with E-state index < -0.39 is 0 Å². The first-order valence-electron chi connectivity index (χ1n) is 7.43. The summed E-state index contributed by atoms with van der Waals surface area (Å²) in [6.45, 7) is 1.62. The molecular formula is C17H24O3. The molecule has 0 unspecified atom stereocenters. The summed E-state index contributed by atoms with van der Waals surface area (Å²) in [6, 6.07) is 10.2. The molecule has 0 radical (unpaired) electrons. The average molecular weight is 276 g/mol. The third-order valence-corrected chi connectivity index (χ3v) is 3.39. The van der Waals surface area contributed by atoms with Crippen LogP contribution in [0.3, 0.4) is 0 Å². The van der Waals surface area contributed by atoms with Gasteiger partial charge < -0.3 is 14.6 Å². The molecule has 1 heterocycles. The molecule has 110 valence electrons. The van der Waals surface area contributed by atoms with Gasteiger partial charge >= 0.3 is 0 Å². The average Bonchev–Trinajstić information content (AvgIpc) is 3.22. The predicted octanol–water partition coefficient (Wildman–Crippen LogP) is 3.08. The molecule has 0 aliphatic carbocycles. The van der Waals surface area contributed by atoms with E-state index in [9.17, 15) is 0 Å². The molecule has 0 aromatic heterocycles. The Morgan fingerprint density at radius 2 is 1.90 bits per heavy atom. The van der Waals surface area contributed by atoms with Gasteiger partial charge in [-0.2, -0.15) is 0 Å². The van der Waals surface area contributed by atoms with Crippen LogP contribution in [-0.2, 0) is 16.1 Å². The van der Waals surface area contributed by atoms with Gasteiger partial charge in [0.25, 0.3) is 0 Å². The van der Waals surface area contributed by atoms with Crippen LogP contribution in [0.5, 0.6) is 0 Å². The Labute approximate surface area is 121 Å². The van der Waals surface area contributed by atoms with Gasteiger partial charge in [-0.1, -0.05) is 42.5 Å². The lowest BCUT2D eigenvalue weighted by molar-refractivity contribution is 0.104. The summed E-state index contributed by atoms with van der Waals surface area (Å²) in [4.78, 5) is 0. The van der Waals surface area contributed by atoms with E-state index in [0.717, 1.165) is 25.7 Å². The minimum absolute atomic E-state index is 0.275. The van der Waals surface area contributed by atoms with E-state index in [1.807, 2.05) is 18.2 Å². The molecule has 1 N–H and O–H groups in total. The second-order valence-electron chi connectivity index (χ2n) is 5.13. The zero-order valence-electron chi connectivity index (χ0n) is 11.9. The highest BCUT2D eigenvalue weighted by atomic mass is 16.6. The minimum Gasteiger partial charge on any atom is -0.396 e. The van der Waals surface area contributed by atoms with Crippen LogP contribution in [0.4, 0.5) is 0 Å². The van der Waals surface area contributed by atoms with Crippen molar-refractivity contribution in [1.82, 2.24) is 0 Å². The number of rotatable bonds is 10. The Kier molecular flexibility index (Phi) is 6.78. The van der Waals surface area contributed by atoms with Gasteiger partial charge in [0, 0.05) is 6.61 Å². The van der Waals surface area contributed by atoms with Crippen molar-refractivity contribution in [2.45, 2.75) is 44.5 Å². The lowest BCUT2D eigenvalue weighted by Crippen LogP contribution is -2.04. The molecule has 3 heteroatoms. The van der Waals surface area contributed by atoms with Gasteiger partial charge in [0.05, 0.1) is 19.3 Å². The van der Waals surface area contributed by atoms with Gasteiger partial charge in [-0.3, -0.25) is 0 Å². The highest BCUT2D eigenvalue weighted by molar-refractivity contribution is 5.13. The summed E-state index contributed by atoms with van der Waals surface area (Å²) in [5, 5.41) is 8.65. The maximum absolute atomic E-state index is 8.65. The maximum atomic E-state index is 8.65. The van der Waals surface area contributed by atoms with E-state index in [2.05, 4.69) is 24.3 Å². The van der Waals surface area contributed by atoms with E-state index in [0.29, 0.717) is 19.3 Å². The fraction of sp³-hybridized carbons (Fsp3) is 0.529. The minimum atomic E-state index is 0.275. The summed E-state index contributed by atoms with van der Waals surface area (Å²) in [5.41, 5.74) is 1.21. The van der Waals surface area contributed by atoms with Crippen molar-refractivity contribution in [3.63, 3.8) is 0 Å². The van der Waals surface area contributed by atoms with Gasteiger partial charge in [0.15, 0.2) is 0 Å². The summed E-state index contributed by atoms with van der Waals surface area (Å²) < 4.78 is 11.2. The summed E-state index contributed by atoms with van der Waals surface area (Å²) in [5.74, 6) is 0. The maximum Gasteiger partial charge on any atom is 0.107 e. The van der Waals surface area contributed by atoms with Crippen molar-refractivity contribution in [2.24, 2.45) is 0 Å². The molecular weight excluding hydrogens is 252 g/mol. The number of benzene rings is 1. The van der Waals surface area contributed by atoms with Crippen LogP contribution >= 0.6 is 0 Å². The number of epoxide rings is 1. The monoisotopic (exact) mass is 276 g/mol. The second kappa shape index (κ2) is 8.90.